The van der Waals surface area contributed by atoms with E-state index in [2.05, 4.69) is 13.8 Å². The van der Waals surface area contributed by atoms with Gasteiger partial charge < -0.3 is 15.6 Å². The van der Waals surface area contributed by atoms with Gasteiger partial charge in [-0.1, -0.05) is 20.3 Å². The van der Waals surface area contributed by atoms with E-state index in [1.54, 1.807) is 0 Å². The second kappa shape index (κ2) is 6.55. The van der Waals surface area contributed by atoms with Crippen molar-refractivity contribution in [3.05, 3.63) is 0 Å². The molecule has 0 radical (unpaired) electrons. The molecule has 5 atom stereocenters. The standard InChI is InChI=1S/C16H31NO2/c1-12-5-6-15(10-13(12)2)19-9-7-14-4-3-8-16(14,18)11-17/h12-15,18H,3-11,17H2,1-2H3. The second-order valence-corrected chi connectivity index (χ2v) is 6.95. The molecule has 2 saturated carbocycles. The summed E-state index contributed by atoms with van der Waals surface area (Å²) in [4.78, 5) is 0. The van der Waals surface area contributed by atoms with Crippen LogP contribution in [-0.4, -0.2) is 30.0 Å². The number of hydrogen-bond donors (Lipinski definition) is 2. The Morgan fingerprint density at radius 2 is 2.00 bits per heavy atom. The molecular weight excluding hydrogens is 238 g/mol. The first-order valence-corrected chi connectivity index (χ1v) is 8.09. The lowest BCUT2D eigenvalue weighted by Crippen LogP contribution is -2.41. The summed E-state index contributed by atoms with van der Waals surface area (Å²) in [7, 11) is 0. The van der Waals surface area contributed by atoms with Gasteiger partial charge in [-0.2, -0.15) is 0 Å². The minimum absolute atomic E-state index is 0.345. The van der Waals surface area contributed by atoms with Crippen LogP contribution in [0.1, 0.15) is 58.8 Å². The van der Waals surface area contributed by atoms with E-state index in [1.165, 1.54) is 19.3 Å². The fraction of sp³-hybridized carbons (Fsp3) is 1.00. The highest BCUT2D eigenvalue weighted by Gasteiger charge is 2.39. The first-order chi connectivity index (χ1) is 9.05. The first-order valence-electron chi connectivity index (χ1n) is 8.09. The fourth-order valence-electron chi connectivity index (χ4n) is 3.84. The average molecular weight is 269 g/mol. The zero-order chi connectivity index (χ0) is 13.9. The third kappa shape index (κ3) is 3.71. The van der Waals surface area contributed by atoms with E-state index < -0.39 is 5.60 Å². The normalized spacial score (nSPS) is 43.6. The largest absolute Gasteiger partial charge is 0.388 e. The van der Waals surface area contributed by atoms with Crippen molar-refractivity contribution >= 4 is 0 Å². The number of ether oxygens (including phenoxy) is 1. The van der Waals surface area contributed by atoms with Crippen LogP contribution < -0.4 is 5.73 Å². The summed E-state index contributed by atoms with van der Waals surface area (Å²) in [6, 6.07) is 0. The van der Waals surface area contributed by atoms with Crippen molar-refractivity contribution < 1.29 is 9.84 Å². The van der Waals surface area contributed by atoms with E-state index in [0.717, 1.165) is 44.1 Å². The third-order valence-electron chi connectivity index (χ3n) is 5.65. The van der Waals surface area contributed by atoms with Crippen molar-refractivity contribution in [3.63, 3.8) is 0 Å². The van der Waals surface area contributed by atoms with Gasteiger partial charge in [0.1, 0.15) is 0 Å². The molecule has 3 heteroatoms. The molecule has 3 nitrogen and oxygen atoms in total. The van der Waals surface area contributed by atoms with E-state index in [0.29, 0.717) is 18.6 Å². The highest BCUT2D eigenvalue weighted by molar-refractivity contribution is 4.92. The molecule has 0 spiro atoms. The predicted molar refractivity (Wildman–Crippen MR) is 77.9 cm³/mol. The molecule has 2 aliphatic rings. The number of nitrogens with two attached hydrogens (primary N) is 1. The smallest absolute Gasteiger partial charge is 0.0798 e. The average Bonchev–Trinajstić information content (AvgIpc) is 2.76. The Labute approximate surface area is 117 Å². The Balaban J connectivity index is 1.69. The summed E-state index contributed by atoms with van der Waals surface area (Å²) in [5, 5.41) is 10.4. The summed E-state index contributed by atoms with van der Waals surface area (Å²) < 4.78 is 6.05. The molecule has 0 amide bonds. The summed E-state index contributed by atoms with van der Waals surface area (Å²) >= 11 is 0. The second-order valence-electron chi connectivity index (χ2n) is 6.95. The Hall–Kier alpha value is -0.120. The Kier molecular flexibility index (Phi) is 5.27. The van der Waals surface area contributed by atoms with Gasteiger partial charge in [-0.25, -0.2) is 0 Å². The van der Waals surface area contributed by atoms with Gasteiger partial charge in [0.05, 0.1) is 11.7 Å². The fourth-order valence-corrected chi connectivity index (χ4v) is 3.84. The monoisotopic (exact) mass is 269 g/mol. The molecule has 0 bridgehead atoms. The molecule has 0 aromatic rings. The molecule has 19 heavy (non-hydrogen) atoms. The molecule has 0 aromatic carbocycles. The maximum absolute atomic E-state index is 10.4. The zero-order valence-electron chi connectivity index (χ0n) is 12.6. The molecule has 0 heterocycles. The molecule has 112 valence electrons. The molecular formula is C16H31NO2. The summed E-state index contributed by atoms with van der Waals surface area (Å²) in [6.07, 6.45) is 8.19. The van der Waals surface area contributed by atoms with Gasteiger partial charge in [-0.15, -0.1) is 0 Å². The summed E-state index contributed by atoms with van der Waals surface area (Å²) in [6.45, 7) is 5.87. The van der Waals surface area contributed by atoms with Gasteiger partial charge in [-0.3, -0.25) is 0 Å². The Morgan fingerprint density at radius 3 is 2.68 bits per heavy atom. The van der Waals surface area contributed by atoms with E-state index in [9.17, 15) is 5.11 Å². The molecule has 5 unspecified atom stereocenters. The van der Waals surface area contributed by atoms with Crippen molar-refractivity contribution in [2.45, 2.75) is 70.5 Å². The molecule has 2 aliphatic carbocycles. The van der Waals surface area contributed by atoms with Crippen molar-refractivity contribution in [3.8, 4) is 0 Å². The van der Waals surface area contributed by atoms with Gasteiger partial charge in [0.2, 0.25) is 0 Å². The highest BCUT2D eigenvalue weighted by atomic mass is 16.5. The van der Waals surface area contributed by atoms with Crippen LogP contribution in [0.25, 0.3) is 0 Å². The zero-order valence-corrected chi connectivity index (χ0v) is 12.6. The predicted octanol–water partition coefficient (Wildman–Crippen LogP) is 2.71. The number of rotatable bonds is 5. The van der Waals surface area contributed by atoms with Crippen molar-refractivity contribution in [1.29, 1.82) is 0 Å². The Morgan fingerprint density at radius 1 is 1.21 bits per heavy atom. The lowest BCUT2D eigenvalue weighted by molar-refractivity contribution is -0.0313. The van der Waals surface area contributed by atoms with Gasteiger partial charge in [-0.05, 0) is 56.3 Å². The van der Waals surface area contributed by atoms with Gasteiger partial charge in [0, 0.05) is 13.2 Å². The van der Waals surface area contributed by atoms with Crippen molar-refractivity contribution in [2.24, 2.45) is 23.5 Å². The highest BCUT2D eigenvalue weighted by Crippen LogP contribution is 2.37. The van der Waals surface area contributed by atoms with Crippen molar-refractivity contribution in [1.82, 2.24) is 0 Å². The lowest BCUT2D eigenvalue weighted by Gasteiger charge is -2.33. The molecule has 0 aliphatic heterocycles. The maximum atomic E-state index is 10.4. The van der Waals surface area contributed by atoms with E-state index in [4.69, 9.17) is 10.5 Å². The van der Waals surface area contributed by atoms with Gasteiger partial charge >= 0.3 is 0 Å². The number of hydrogen-bond acceptors (Lipinski definition) is 3. The van der Waals surface area contributed by atoms with Crippen molar-refractivity contribution in [2.75, 3.05) is 13.2 Å². The van der Waals surface area contributed by atoms with Crippen LogP contribution in [0.2, 0.25) is 0 Å². The third-order valence-corrected chi connectivity index (χ3v) is 5.65. The van der Waals surface area contributed by atoms with Crippen LogP contribution >= 0.6 is 0 Å². The van der Waals surface area contributed by atoms with Crippen LogP contribution in [0.4, 0.5) is 0 Å². The molecule has 2 rings (SSSR count). The van der Waals surface area contributed by atoms with Crippen LogP contribution in [0.5, 0.6) is 0 Å². The lowest BCUT2D eigenvalue weighted by atomic mass is 9.80. The van der Waals surface area contributed by atoms with Gasteiger partial charge in [0.15, 0.2) is 0 Å². The van der Waals surface area contributed by atoms with E-state index in [1.807, 2.05) is 0 Å². The van der Waals surface area contributed by atoms with Gasteiger partial charge in [0.25, 0.3) is 0 Å². The topological polar surface area (TPSA) is 55.5 Å². The van der Waals surface area contributed by atoms with E-state index >= 15 is 0 Å². The maximum Gasteiger partial charge on any atom is 0.0798 e. The van der Waals surface area contributed by atoms with Crippen LogP contribution in [0, 0.1) is 17.8 Å². The molecule has 0 aromatic heterocycles. The van der Waals surface area contributed by atoms with Crippen LogP contribution in [-0.2, 0) is 4.74 Å². The molecule has 0 saturated heterocycles. The Bertz CT molecular complexity index is 284. The number of aliphatic hydroxyl groups is 1. The SMILES string of the molecule is CC1CCC(OCCC2CCCC2(O)CN)CC1C. The summed E-state index contributed by atoms with van der Waals surface area (Å²) in [5.41, 5.74) is 5.10. The quantitative estimate of drug-likeness (QED) is 0.807. The molecule has 3 N–H and O–H groups in total. The minimum atomic E-state index is -0.613. The summed E-state index contributed by atoms with van der Waals surface area (Å²) in [5.74, 6) is 1.97. The van der Waals surface area contributed by atoms with Crippen LogP contribution in [0.15, 0.2) is 0 Å². The molecule has 2 fully saturated rings. The van der Waals surface area contributed by atoms with Crippen LogP contribution in [0.3, 0.4) is 0 Å². The van der Waals surface area contributed by atoms with E-state index in [-0.39, 0.29) is 0 Å². The first kappa shape index (κ1) is 15.3. The minimum Gasteiger partial charge on any atom is -0.388 e.